The number of anilines is 1. The molecular weight excluding hydrogens is 360 g/mol. The maximum Gasteiger partial charge on any atom is 0.410 e. The Morgan fingerprint density at radius 3 is 2.86 bits per heavy atom. The SMILES string of the molecule is Cc1ccc(-n2ccc(OCC3CN(C(=O)OC(C)(C)C)CCO3)n2)cc1N. The maximum absolute atomic E-state index is 12.2. The molecule has 1 saturated heterocycles. The number of amides is 1. The van der Waals surface area contributed by atoms with E-state index in [9.17, 15) is 4.79 Å². The number of hydrogen-bond acceptors (Lipinski definition) is 6. The summed E-state index contributed by atoms with van der Waals surface area (Å²) in [5.41, 5.74) is 8.05. The molecule has 0 aliphatic carbocycles. The van der Waals surface area contributed by atoms with Crippen molar-refractivity contribution < 1.29 is 19.0 Å². The van der Waals surface area contributed by atoms with Crippen molar-refractivity contribution in [1.29, 1.82) is 0 Å². The zero-order chi connectivity index (χ0) is 20.3. The Hall–Kier alpha value is -2.74. The molecule has 1 aromatic carbocycles. The summed E-state index contributed by atoms with van der Waals surface area (Å²) in [6.45, 7) is 9.19. The van der Waals surface area contributed by atoms with Crippen molar-refractivity contribution in [2.45, 2.75) is 39.4 Å². The number of benzene rings is 1. The molecular formula is C20H28N4O4. The molecule has 0 saturated carbocycles. The van der Waals surface area contributed by atoms with Gasteiger partial charge in [0.05, 0.1) is 18.8 Å². The van der Waals surface area contributed by atoms with Crippen LogP contribution in [0.2, 0.25) is 0 Å². The molecule has 0 spiro atoms. The molecule has 1 fully saturated rings. The molecule has 2 N–H and O–H groups in total. The van der Waals surface area contributed by atoms with Crippen LogP contribution in [0, 0.1) is 6.92 Å². The van der Waals surface area contributed by atoms with Crippen molar-refractivity contribution in [1.82, 2.24) is 14.7 Å². The summed E-state index contributed by atoms with van der Waals surface area (Å²) in [4.78, 5) is 13.9. The third-order valence-corrected chi connectivity index (χ3v) is 4.30. The Labute approximate surface area is 165 Å². The monoisotopic (exact) mass is 388 g/mol. The van der Waals surface area contributed by atoms with Crippen LogP contribution in [-0.4, -0.2) is 58.8 Å². The van der Waals surface area contributed by atoms with Gasteiger partial charge in [0.15, 0.2) is 0 Å². The van der Waals surface area contributed by atoms with E-state index in [0.717, 1.165) is 11.3 Å². The van der Waals surface area contributed by atoms with Gasteiger partial charge in [-0.3, -0.25) is 0 Å². The van der Waals surface area contributed by atoms with Gasteiger partial charge in [0.25, 0.3) is 0 Å². The first-order chi connectivity index (χ1) is 13.2. The van der Waals surface area contributed by atoms with Crippen LogP contribution in [0.4, 0.5) is 10.5 Å². The number of carbonyl (C=O) groups excluding carboxylic acids is 1. The number of hydrogen-bond donors (Lipinski definition) is 1. The Morgan fingerprint density at radius 2 is 2.14 bits per heavy atom. The molecule has 8 nitrogen and oxygen atoms in total. The zero-order valence-corrected chi connectivity index (χ0v) is 16.8. The van der Waals surface area contributed by atoms with E-state index in [2.05, 4.69) is 5.10 Å². The smallest absolute Gasteiger partial charge is 0.410 e. The average Bonchev–Trinajstić information content (AvgIpc) is 3.10. The van der Waals surface area contributed by atoms with Gasteiger partial charge < -0.3 is 24.8 Å². The predicted octanol–water partition coefficient (Wildman–Crippen LogP) is 2.78. The normalized spacial score (nSPS) is 17.4. The van der Waals surface area contributed by atoms with Crippen LogP contribution < -0.4 is 10.5 Å². The van der Waals surface area contributed by atoms with Crippen LogP contribution in [0.25, 0.3) is 5.69 Å². The summed E-state index contributed by atoms with van der Waals surface area (Å²) in [5.74, 6) is 0.483. The fraction of sp³-hybridized carbons (Fsp3) is 0.500. The number of aryl methyl sites for hydroxylation is 1. The van der Waals surface area contributed by atoms with Gasteiger partial charge in [0.1, 0.15) is 18.3 Å². The minimum absolute atomic E-state index is 0.235. The number of nitrogens with zero attached hydrogens (tertiary/aromatic N) is 3. The molecule has 0 bridgehead atoms. The van der Waals surface area contributed by atoms with Crippen LogP contribution in [-0.2, 0) is 9.47 Å². The minimum Gasteiger partial charge on any atom is -0.474 e. The van der Waals surface area contributed by atoms with Gasteiger partial charge in [-0.25, -0.2) is 9.48 Å². The van der Waals surface area contributed by atoms with E-state index in [1.807, 2.05) is 52.1 Å². The van der Waals surface area contributed by atoms with E-state index < -0.39 is 5.60 Å². The first-order valence-electron chi connectivity index (χ1n) is 9.36. The van der Waals surface area contributed by atoms with Gasteiger partial charge in [-0.1, -0.05) is 6.07 Å². The Kier molecular flexibility index (Phi) is 5.79. The quantitative estimate of drug-likeness (QED) is 0.810. The summed E-state index contributed by atoms with van der Waals surface area (Å²) in [7, 11) is 0. The number of nitrogens with two attached hydrogens (primary N) is 1. The average molecular weight is 388 g/mol. The predicted molar refractivity (Wildman–Crippen MR) is 106 cm³/mol. The standard InChI is InChI=1S/C20H28N4O4/c1-14-5-6-15(11-17(14)21)24-8-7-18(22-24)27-13-16-12-23(9-10-26-16)19(25)28-20(2,3)4/h5-8,11,16H,9-10,12-13,21H2,1-4H3. The first kappa shape index (κ1) is 20.0. The number of rotatable bonds is 4. The highest BCUT2D eigenvalue weighted by atomic mass is 16.6. The first-order valence-corrected chi connectivity index (χ1v) is 9.36. The molecule has 1 atom stereocenters. The van der Waals surface area contributed by atoms with Crippen LogP contribution in [0.15, 0.2) is 30.5 Å². The molecule has 3 rings (SSSR count). The second-order valence-electron chi connectivity index (χ2n) is 7.87. The lowest BCUT2D eigenvalue weighted by molar-refractivity contribution is -0.0561. The summed E-state index contributed by atoms with van der Waals surface area (Å²) in [6.07, 6.45) is 1.25. The van der Waals surface area contributed by atoms with E-state index >= 15 is 0 Å². The summed E-state index contributed by atoms with van der Waals surface area (Å²) in [6, 6.07) is 7.55. The summed E-state index contributed by atoms with van der Waals surface area (Å²) < 4.78 is 18.6. The third-order valence-electron chi connectivity index (χ3n) is 4.30. The maximum atomic E-state index is 12.2. The van der Waals surface area contributed by atoms with E-state index in [4.69, 9.17) is 19.9 Å². The lowest BCUT2D eigenvalue weighted by atomic mass is 10.2. The van der Waals surface area contributed by atoms with E-state index in [1.54, 1.807) is 15.6 Å². The highest BCUT2D eigenvalue weighted by molar-refractivity contribution is 5.68. The fourth-order valence-corrected chi connectivity index (χ4v) is 2.79. The molecule has 28 heavy (non-hydrogen) atoms. The van der Waals surface area contributed by atoms with Crippen LogP contribution in [0.1, 0.15) is 26.3 Å². The van der Waals surface area contributed by atoms with Crippen molar-refractivity contribution in [3.05, 3.63) is 36.0 Å². The molecule has 0 radical (unpaired) electrons. The van der Waals surface area contributed by atoms with Crippen molar-refractivity contribution in [2.24, 2.45) is 0 Å². The molecule has 1 amide bonds. The van der Waals surface area contributed by atoms with Crippen molar-refractivity contribution in [2.75, 3.05) is 32.0 Å². The Morgan fingerprint density at radius 1 is 1.36 bits per heavy atom. The molecule has 1 unspecified atom stereocenters. The summed E-state index contributed by atoms with van der Waals surface area (Å²) >= 11 is 0. The summed E-state index contributed by atoms with van der Waals surface area (Å²) in [5, 5.41) is 4.42. The number of carbonyl (C=O) groups is 1. The number of aromatic nitrogens is 2. The van der Waals surface area contributed by atoms with Gasteiger partial charge in [-0.2, -0.15) is 0 Å². The zero-order valence-electron chi connectivity index (χ0n) is 16.8. The second kappa shape index (κ2) is 8.10. The molecule has 2 heterocycles. The lowest BCUT2D eigenvalue weighted by Gasteiger charge is -2.33. The Balaban J connectivity index is 1.55. The van der Waals surface area contributed by atoms with Gasteiger partial charge >= 0.3 is 6.09 Å². The van der Waals surface area contributed by atoms with Gasteiger partial charge in [-0.05, 0) is 45.4 Å². The highest BCUT2D eigenvalue weighted by Crippen LogP contribution is 2.18. The fourth-order valence-electron chi connectivity index (χ4n) is 2.79. The number of ether oxygens (including phenoxy) is 3. The molecule has 1 aliphatic rings. The van der Waals surface area contributed by atoms with Gasteiger partial charge in [-0.15, -0.1) is 5.10 Å². The van der Waals surface area contributed by atoms with Crippen molar-refractivity contribution in [3.63, 3.8) is 0 Å². The Bertz CT molecular complexity index is 828. The van der Waals surface area contributed by atoms with E-state index in [0.29, 0.717) is 37.9 Å². The molecule has 1 aromatic heterocycles. The third kappa shape index (κ3) is 5.16. The highest BCUT2D eigenvalue weighted by Gasteiger charge is 2.28. The van der Waals surface area contributed by atoms with Gasteiger partial charge in [0, 0.05) is 24.5 Å². The van der Waals surface area contributed by atoms with E-state index in [-0.39, 0.29) is 12.2 Å². The number of morpholine rings is 1. The lowest BCUT2D eigenvalue weighted by Crippen LogP contribution is -2.49. The molecule has 8 heteroatoms. The van der Waals surface area contributed by atoms with Crippen LogP contribution in [0.5, 0.6) is 5.88 Å². The molecule has 1 aliphatic heterocycles. The van der Waals surface area contributed by atoms with E-state index in [1.165, 1.54) is 0 Å². The van der Waals surface area contributed by atoms with Crippen LogP contribution in [0.3, 0.4) is 0 Å². The van der Waals surface area contributed by atoms with Crippen molar-refractivity contribution >= 4 is 11.8 Å². The van der Waals surface area contributed by atoms with Gasteiger partial charge in [0.2, 0.25) is 5.88 Å². The largest absolute Gasteiger partial charge is 0.474 e. The molecule has 2 aromatic rings. The van der Waals surface area contributed by atoms with Crippen molar-refractivity contribution in [3.8, 4) is 11.6 Å². The topological polar surface area (TPSA) is 91.8 Å². The second-order valence-corrected chi connectivity index (χ2v) is 7.87. The number of nitrogen functional groups attached to an aromatic ring is 1. The molecule has 152 valence electrons. The minimum atomic E-state index is -0.520. The van der Waals surface area contributed by atoms with Crippen LogP contribution >= 0.6 is 0 Å².